The van der Waals surface area contributed by atoms with E-state index in [2.05, 4.69) is 5.32 Å². The zero-order valence-corrected chi connectivity index (χ0v) is 13.4. The number of nitrogens with one attached hydrogen (secondary N) is 1. The molecule has 0 aliphatic rings. The summed E-state index contributed by atoms with van der Waals surface area (Å²) < 4.78 is 5.31. The van der Waals surface area contributed by atoms with Gasteiger partial charge in [0.05, 0.1) is 12.4 Å². The second kappa shape index (κ2) is 8.66. The van der Waals surface area contributed by atoms with E-state index < -0.39 is 0 Å². The number of thioether (sulfide) groups is 1. The summed E-state index contributed by atoms with van der Waals surface area (Å²) in [5, 5.41) is 12.3. The van der Waals surface area contributed by atoms with Gasteiger partial charge in [0.1, 0.15) is 0 Å². The minimum Gasteiger partial charge on any atom is -0.459 e. The lowest BCUT2D eigenvalue weighted by molar-refractivity contribution is 0.0913. The lowest BCUT2D eigenvalue weighted by atomic mass is 10.2. The molecule has 0 saturated heterocycles. The number of carbonyl (C=O) groups is 1. The third kappa shape index (κ3) is 4.93. The minimum absolute atomic E-state index is 0.225. The van der Waals surface area contributed by atoms with Crippen LogP contribution in [0.3, 0.4) is 0 Å². The highest BCUT2D eigenvalue weighted by molar-refractivity contribution is 7.98. The predicted molar refractivity (Wildman–Crippen MR) is 88.0 cm³/mol. The van der Waals surface area contributed by atoms with Crippen LogP contribution in [0.5, 0.6) is 0 Å². The maximum Gasteiger partial charge on any atom is 0.287 e. The van der Waals surface area contributed by atoms with Gasteiger partial charge in [-0.2, -0.15) is 0 Å². The van der Waals surface area contributed by atoms with E-state index in [-0.39, 0.29) is 12.0 Å². The molecule has 1 aromatic heterocycles. The minimum atomic E-state index is -0.370. The van der Waals surface area contributed by atoms with Crippen molar-refractivity contribution in [1.82, 2.24) is 5.32 Å². The van der Waals surface area contributed by atoms with Crippen LogP contribution in [0.1, 0.15) is 35.9 Å². The van der Waals surface area contributed by atoms with Gasteiger partial charge in [-0.15, -0.1) is 11.8 Å². The molecule has 5 heteroatoms. The average Bonchev–Trinajstić information content (AvgIpc) is 3.02. The lowest BCUT2D eigenvalue weighted by Crippen LogP contribution is -2.27. The quantitative estimate of drug-likeness (QED) is 0.731. The molecule has 118 valence electrons. The summed E-state index contributed by atoms with van der Waals surface area (Å²) in [6, 6.07) is 11.9. The number of aliphatic hydroxyl groups is 1. The van der Waals surface area contributed by atoms with Crippen molar-refractivity contribution in [2.45, 2.75) is 36.5 Å². The third-order valence-corrected chi connectivity index (χ3v) is 4.39. The maximum absolute atomic E-state index is 12.1. The Morgan fingerprint density at radius 2 is 2.09 bits per heavy atom. The highest BCUT2D eigenvalue weighted by Crippen LogP contribution is 2.24. The van der Waals surface area contributed by atoms with Crippen LogP contribution in [0.4, 0.5) is 0 Å². The van der Waals surface area contributed by atoms with Crippen LogP contribution in [0.25, 0.3) is 0 Å². The molecule has 1 amide bonds. The molecule has 0 spiro atoms. The molecule has 0 aliphatic carbocycles. The first-order chi connectivity index (χ1) is 10.7. The normalized spacial score (nSPS) is 12.1. The first-order valence-electron chi connectivity index (χ1n) is 7.41. The summed E-state index contributed by atoms with van der Waals surface area (Å²) in [7, 11) is 0. The van der Waals surface area contributed by atoms with Crippen LogP contribution < -0.4 is 5.32 Å². The Balaban J connectivity index is 1.87. The van der Waals surface area contributed by atoms with Gasteiger partial charge in [-0.05, 0) is 31.0 Å². The fraction of sp³-hybridized carbons (Fsp3) is 0.353. The maximum atomic E-state index is 12.1. The van der Waals surface area contributed by atoms with Crippen molar-refractivity contribution in [2.75, 3.05) is 6.54 Å². The third-order valence-electron chi connectivity index (χ3n) is 3.32. The summed E-state index contributed by atoms with van der Waals surface area (Å²) in [5.41, 5.74) is 0.877. The molecule has 0 bridgehead atoms. The molecule has 1 atom stereocenters. The molecular formula is C17H21NO3S. The number of rotatable bonds is 8. The Morgan fingerprint density at radius 1 is 1.32 bits per heavy atom. The van der Waals surface area contributed by atoms with Crippen LogP contribution in [-0.4, -0.2) is 23.7 Å². The first kappa shape index (κ1) is 16.6. The van der Waals surface area contributed by atoms with E-state index in [1.807, 2.05) is 43.3 Å². The fourth-order valence-corrected chi connectivity index (χ4v) is 2.86. The Labute approximate surface area is 134 Å². The number of carbonyl (C=O) groups excluding carboxylic acids is 1. The Hall–Kier alpha value is -1.72. The van der Waals surface area contributed by atoms with Crippen molar-refractivity contribution in [2.24, 2.45) is 0 Å². The molecular weight excluding hydrogens is 298 g/mol. The second-order valence-electron chi connectivity index (χ2n) is 4.98. The van der Waals surface area contributed by atoms with E-state index in [1.54, 1.807) is 11.8 Å². The first-order valence-corrected chi connectivity index (χ1v) is 8.39. The topological polar surface area (TPSA) is 62.5 Å². The van der Waals surface area contributed by atoms with Gasteiger partial charge in [0.15, 0.2) is 5.76 Å². The van der Waals surface area contributed by atoms with Gasteiger partial charge in [-0.1, -0.05) is 25.1 Å². The standard InChI is InChI=1S/C17H21NO3S/c1-2-14(19)8-10-18-17(20)16-13(9-11-21-16)12-22-15-6-4-3-5-7-15/h3-7,9,11,14,19H,2,8,10,12H2,1H3,(H,18,20). The summed E-state index contributed by atoms with van der Waals surface area (Å²) in [5.74, 6) is 0.812. The van der Waals surface area contributed by atoms with Crippen molar-refractivity contribution in [3.8, 4) is 0 Å². The summed E-state index contributed by atoms with van der Waals surface area (Å²) in [6.45, 7) is 2.36. The highest BCUT2D eigenvalue weighted by atomic mass is 32.2. The number of hydrogen-bond acceptors (Lipinski definition) is 4. The fourth-order valence-electron chi connectivity index (χ4n) is 1.96. The molecule has 1 heterocycles. The molecule has 0 aliphatic heterocycles. The molecule has 0 fully saturated rings. The van der Waals surface area contributed by atoms with Crippen LogP contribution in [0.15, 0.2) is 52.0 Å². The van der Waals surface area contributed by atoms with Crippen molar-refractivity contribution in [1.29, 1.82) is 0 Å². The van der Waals surface area contributed by atoms with E-state index in [4.69, 9.17) is 4.42 Å². The Kier molecular flexibility index (Phi) is 6.55. The van der Waals surface area contributed by atoms with Gasteiger partial charge in [-0.25, -0.2) is 0 Å². The van der Waals surface area contributed by atoms with Crippen LogP contribution in [0, 0.1) is 0 Å². The lowest BCUT2D eigenvalue weighted by Gasteiger charge is -2.08. The molecule has 2 N–H and O–H groups in total. The summed E-state index contributed by atoms with van der Waals surface area (Å²) >= 11 is 1.66. The van der Waals surface area contributed by atoms with Gasteiger partial charge < -0.3 is 14.8 Å². The van der Waals surface area contributed by atoms with Crippen molar-refractivity contribution < 1.29 is 14.3 Å². The molecule has 0 saturated carbocycles. The zero-order valence-electron chi connectivity index (χ0n) is 12.6. The smallest absolute Gasteiger partial charge is 0.287 e. The van der Waals surface area contributed by atoms with E-state index in [0.717, 1.165) is 10.5 Å². The van der Waals surface area contributed by atoms with E-state index in [0.29, 0.717) is 30.9 Å². The van der Waals surface area contributed by atoms with Crippen molar-refractivity contribution in [3.63, 3.8) is 0 Å². The number of amides is 1. The van der Waals surface area contributed by atoms with Gasteiger partial charge in [0.2, 0.25) is 0 Å². The monoisotopic (exact) mass is 319 g/mol. The van der Waals surface area contributed by atoms with E-state index in [9.17, 15) is 9.90 Å². The van der Waals surface area contributed by atoms with Crippen LogP contribution in [-0.2, 0) is 5.75 Å². The van der Waals surface area contributed by atoms with Gasteiger partial charge in [0, 0.05) is 22.8 Å². The molecule has 22 heavy (non-hydrogen) atoms. The van der Waals surface area contributed by atoms with Gasteiger partial charge in [-0.3, -0.25) is 4.79 Å². The summed E-state index contributed by atoms with van der Waals surface area (Å²) in [4.78, 5) is 13.3. The molecule has 0 radical (unpaired) electrons. The van der Waals surface area contributed by atoms with E-state index in [1.165, 1.54) is 6.26 Å². The van der Waals surface area contributed by atoms with Crippen molar-refractivity contribution in [3.05, 3.63) is 54.0 Å². The number of hydrogen-bond donors (Lipinski definition) is 2. The second-order valence-corrected chi connectivity index (χ2v) is 6.03. The Bertz CT molecular complexity index is 583. The molecule has 4 nitrogen and oxygen atoms in total. The number of furan rings is 1. The molecule has 1 unspecified atom stereocenters. The van der Waals surface area contributed by atoms with E-state index >= 15 is 0 Å². The van der Waals surface area contributed by atoms with Gasteiger partial charge >= 0.3 is 0 Å². The Morgan fingerprint density at radius 3 is 2.82 bits per heavy atom. The van der Waals surface area contributed by atoms with Crippen LogP contribution >= 0.6 is 11.8 Å². The number of aliphatic hydroxyl groups excluding tert-OH is 1. The molecule has 2 aromatic rings. The zero-order chi connectivity index (χ0) is 15.8. The van der Waals surface area contributed by atoms with Gasteiger partial charge in [0.25, 0.3) is 5.91 Å². The average molecular weight is 319 g/mol. The highest BCUT2D eigenvalue weighted by Gasteiger charge is 2.15. The largest absolute Gasteiger partial charge is 0.459 e. The number of benzene rings is 1. The van der Waals surface area contributed by atoms with Crippen LogP contribution in [0.2, 0.25) is 0 Å². The summed E-state index contributed by atoms with van der Waals surface area (Å²) in [6.07, 6.45) is 2.41. The molecule has 1 aromatic carbocycles. The SMILES string of the molecule is CCC(O)CCNC(=O)c1occc1CSc1ccccc1. The van der Waals surface area contributed by atoms with Crippen molar-refractivity contribution >= 4 is 17.7 Å². The molecule has 2 rings (SSSR count). The predicted octanol–water partition coefficient (Wildman–Crippen LogP) is 3.46.